The molecule has 2 rings (SSSR count). The second-order valence-electron chi connectivity index (χ2n) is 5.29. The summed E-state index contributed by atoms with van der Waals surface area (Å²) in [7, 11) is 0. The van der Waals surface area contributed by atoms with Gasteiger partial charge in [0.2, 0.25) is 0 Å². The average Bonchev–Trinajstić information content (AvgIpc) is 2.50. The lowest BCUT2D eigenvalue weighted by Crippen LogP contribution is -2.29. The minimum absolute atomic E-state index is 0.223. The molecule has 100 valence electrons. The highest BCUT2D eigenvalue weighted by molar-refractivity contribution is 5.55. The van der Waals surface area contributed by atoms with E-state index in [2.05, 4.69) is 0 Å². The van der Waals surface area contributed by atoms with Crippen LogP contribution in [0.1, 0.15) is 31.7 Å². The minimum Gasteiger partial charge on any atom is -0.390 e. The monoisotopic (exact) mass is 252 g/mol. The van der Waals surface area contributed by atoms with Gasteiger partial charge >= 0.3 is 0 Å². The third-order valence-corrected chi connectivity index (χ3v) is 3.67. The average molecular weight is 252 g/mol. The van der Waals surface area contributed by atoms with Crippen molar-refractivity contribution in [3.05, 3.63) is 29.6 Å². The lowest BCUT2D eigenvalue weighted by molar-refractivity contribution is 0.0481. The summed E-state index contributed by atoms with van der Waals surface area (Å²) in [4.78, 5) is 2.01. The molecule has 3 N–H and O–H groups in total. The van der Waals surface area contributed by atoms with E-state index >= 15 is 0 Å². The van der Waals surface area contributed by atoms with E-state index in [4.69, 9.17) is 5.73 Å². The van der Waals surface area contributed by atoms with Crippen LogP contribution >= 0.6 is 0 Å². The lowest BCUT2D eigenvalue weighted by Gasteiger charge is -2.26. The maximum Gasteiger partial charge on any atom is 0.146 e. The van der Waals surface area contributed by atoms with Gasteiger partial charge in [0.15, 0.2) is 0 Å². The molecule has 0 radical (unpaired) electrons. The van der Waals surface area contributed by atoms with E-state index in [0.717, 1.165) is 24.9 Å². The second-order valence-corrected chi connectivity index (χ2v) is 5.29. The third kappa shape index (κ3) is 2.82. The maximum atomic E-state index is 14.0. The molecule has 18 heavy (non-hydrogen) atoms. The zero-order chi connectivity index (χ0) is 13.2. The number of aliphatic hydroxyl groups is 1. The third-order valence-electron chi connectivity index (χ3n) is 3.67. The Morgan fingerprint density at radius 2 is 2.17 bits per heavy atom. The molecular weight excluding hydrogens is 231 g/mol. The van der Waals surface area contributed by atoms with Gasteiger partial charge in [0.1, 0.15) is 5.82 Å². The molecule has 0 spiro atoms. The van der Waals surface area contributed by atoms with E-state index in [0.29, 0.717) is 25.2 Å². The van der Waals surface area contributed by atoms with Crippen molar-refractivity contribution >= 4 is 5.69 Å². The first-order valence-electron chi connectivity index (χ1n) is 6.48. The molecule has 1 aliphatic heterocycles. The molecule has 1 aromatic rings. The molecule has 0 aromatic heterocycles. The molecule has 0 aliphatic carbocycles. The number of benzene rings is 1. The number of hydrogen-bond donors (Lipinski definition) is 2. The number of hydrogen-bond acceptors (Lipinski definition) is 3. The van der Waals surface area contributed by atoms with Crippen molar-refractivity contribution < 1.29 is 9.50 Å². The molecule has 1 aliphatic rings. The fourth-order valence-corrected chi connectivity index (χ4v) is 2.57. The summed E-state index contributed by atoms with van der Waals surface area (Å²) in [5.41, 5.74) is 6.48. The zero-order valence-corrected chi connectivity index (χ0v) is 10.8. The molecule has 1 fully saturated rings. The van der Waals surface area contributed by atoms with Crippen LogP contribution in [0.25, 0.3) is 0 Å². The number of halogens is 1. The van der Waals surface area contributed by atoms with Crippen LogP contribution in [0.4, 0.5) is 10.1 Å². The Labute approximate surface area is 107 Å². The van der Waals surface area contributed by atoms with E-state index < -0.39 is 5.60 Å². The summed E-state index contributed by atoms with van der Waals surface area (Å²) in [5, 5.41) is 10.1. The van der Waals surface area contributed by atoms with Crippen LogP contribution in [0.3, 0.4) is 0 Å². The fraction of sp³-hybridized carbons (Fsp3) is 0.571. The molecule has 1 atom stereocenters. The smallest absolute Gasteiger partial charge is 0.146 e. The first-order valence-corrected chi connectivity index (χ1v) is 6.48. The SMILES string of the molecule is CC1(O)CCCN(c2c(F)cccc2CN)CC1. The number of nitrogens with zero attached hydrogens (tertiary/aromatic N) is 1. The Kier molecular flexibility index (Phi) is 3.88. The highest BCUT2D eigenvalue weighted by atomic mass is 19.1. The summed E-state index contributed by atoms with van der Waals surface area (Å²) in [5.74, 6) is -0.223. The quantitative estimate of drug-likeness (QED) is 0.846. The van der Waals surface area contributed by atoms with Crippen LogP contribution in [-0.2, 0) is 6.54 Å². The first kappa shape index (κ1) is 13.3. The van der Waals surface area contributed by atoms with Crippen molar-refractivity contribution in [3.63, 3.8) is 0 Å². The summed E-state index contributed by atoms with van der Waals surface area (Å²) < 4.78 is 14.0. The van der Waals surface area contributed by atoms with E-state index in [1.807, 2.05) is 17.9 Å². The number of para-hydroxylation sites is 1. The Bertz CT molecular complexity index is 420. The van der Waals surface area contributed by atoms with E-state index in [1.54, 1.807) is 6.07 Å². The van der Waals surface area contributed by atoms with Crippen LogP contribution in [0, 0.1) is 5.82 Å². The van der Waals surface area contributed by atoms with E-state index in [-0.39, 0.29) is 5.82 Å². The van der Waals surface area contributed by atoms with Crippen molar-refractivity contribution in [1.82, 2.24) is 0 Å². The molecule has 0 bridgehead atoms. The standard InChI is InChI=1S/C14H21FN2O/c1-14(18)6-3-8-17(9-7-14)13-11(10-16)4-2-5-12(13)15/h2,4-5,18H,3,6-10,16H2,1H3. The van der Waals surface area contributed by atoms with Crippen molar-refractivity contribution in [2.45, 2.75) is 38.3 Å². The van der Waals surface area contributed by atoms with Gasteiger partial charge < -0.3 is 15.7 Å². The summed E-state index contributed by atoms with van der Waals surface area (Å²) in [6.45, 7) is 3.62. The highest BCUT2D eigenvalue weighted by Gasteiger charge is 2.26. The molecule has 1 aromatic carbocycles. The molecular formula is C14H21FN2O. The van der Waals surface area contributed by atoms with Crippen LogP contribution in [-0.4, -0.2) is 23.8 Å². The Morgan fingerprint density at radius 1 is 1.39 bits per heavy atom. The van der Waals surface area contributed by atoms with Gasteiger partial charge in [-0.25, -0.2) is 4.39 Å². The second kappa shape index (κ2) is 5.24. The minimum atomic E-state index is -0.636. The predicted molar refractivity (Wildman–Crippen MR) is 71.0 cm³/mol. The van der Waals surface area contributed by atoms with Crippen molar-refractivity contribution in [3.8, 4) is 0 Å². The normalized spacial score (nSPS) is 25.0. The molecule has 0 amide bonds. The maximum absolute atomic E-state index is 14.0. The summed E-state index contributed by atoms with van der Waals surface area (Å²) in [6, 6.07) is 5.02. The topological polar surface area (TPSA) is 49.5 Å². The van der Waals surface area contributed by atoms with Crippen LogP contribution < -0.4 is 10.6 Å². The van der Waals surface area contributed by atoms with Crippen molar-refractivity contribution in [1.29, 1.82) is 0 Å². The van der Waals surface area contributed by atoms with Gasteiger partial charge in [-0.15, -0.1) is 0 Å². The molecule has 0 saturated carbocycles. The predicted octanol–water partition coefficient (Wildman–Crippen LogP) is 2.03. The number of anilines is 1. The van der Waals surface area contributed by atoms with Crippen molar-refractivity contribution in [2.24, 2.45) is 5.73 Å². The van der Waals surface area contributed by atoms with Gasteiger partial charge in [-0.3, -0.25) is 0 Å². The Hall–Kier alpha value is -1.13. The Morgan fingerprint density at radius 3 is 2.89 bits per heavy atom. The largest absolute Gasteiger partial charge is 0.390 e. The molecule has 1 saturated heterocycles. The van der Waals surface area contributed by atoms with Gasteiger partial charge in [-0.2, -0.15) is 0 Å². The first-order chi connectivity index (χ1) is 8.53. The summed E-state index contributed by atoms with van der Waals surface area (Å²) >= 11 is 0. The van der Waals surface area contributed by atoms with Crippen LogP contribution in [0.2, 0.25) is 0 Å². The van der Waals surface area contributed by atoms with Gasteiger partial charge in [0.05, 0.1) is 11.3 Å². The van der Waals surface area contributed by atoms with E-state index in [9.17, 15) is 9.50 Å². The van der Waals surface area contributed by atoms with Gasteiger partial charge in [-0.05, 0) is 37.8 Å². The number of rotatable bonds is 2. The van der Waals surface area contributed by atoms with Gasteiger partial charge in [0, 0.05) is 19.6 Å². The van der Waals surface area contributed by atoms with Crippen LogP contribution in [0.15, 0.2) is 18.2 Å². The molecule has 1 heterocycles. The molecule has 4 heteroatoms. The number of nitrogens with two attached hydrogens (primary N) is 1. The highest BCUT2D eigenvalue weighted by Crippen LogP contribution is 2.29. The molecule has 1 unspecified atom stereocenters. The lowest BCUT2D eigenvalue weighted by atomic mass is 9.98. The fourth-order valence-electron chi connectivity index (χ4n) is 2.57. The Balaban J connectivity index is 2.26. The van der Waals surface area contributed by atoms with Gasteiger partial charge in [-0.1, -0.05) is 12.1 Å². The van der Waals surface area contributed by atoms with Crippen LogP contribution in [0.5, 0.6) is 0 Å². The zero-order valence-electron chi connectivity index (χ0n) is 10.8. The van der Waals surface area contributed by atoms with Gasteiger partial charge in [0.25, 0.3) is 0 Å². The summed E-state index contributed by atoms with van der Waals surface area (Å²) in [6.07, 6.45) is 2.28. The molecule has 3 nitrogen and oxygen atoms in total. The van der Waals surface area contributed by atoms with Crippen molar-refractivity contribution in [2.75, 3.05) is 18.0 Å². The van der Waals surface area contributed by atoms with E-state index in [1.165, 1.54) is 6.07 Å².